The number of allylic oxidation sites excluding steroid dienone is 2. The Morgan fingerprint density at radius 2 is 1.97 bits per heavy atom. The maximum atomic E-state index is 14.0. The van der Waals surface area contributed by atoms with E-state index in [0.29, 0.717) is 48.4 Å². The SMILES string of the molecule is COC1CCCC(C(N)N2C(C)CCC2C2CCCNC2C2CCC(F)=C(C)C2)C1. The monoisotopic (exact) mass is 421 g/mol. The Balaban J connectivity index is 1.50. The van der Waals surface area contributed by atoms with Gasteiger partial charge in [0, 0.05) is 25.2 Å². The van der Waals surface area contributed by atoms with E-state index in [1.54, 1.807) is 0 Å². The second-order valence-electron chi connectivity index (χ2n) is 10.7. The molecule has 172 valence electrons. The molecule has 0 amide bonds. The first-order chi connectivity index (χ1) is 14.5. The van der Waals surface area contributed by atoms with Gasteiger partial charge in [0.2, 0.25) is 0 Å². The highest BCUT2D eigenvalue weighted by atomic mass is 19.1. The molecular weight excluding hydrogens is 377 g/mol. The minimum Gasteiger partial charge on any atom is -0.381 e. The fourth-order valence-electron chi connectivity index (χ4n) is 7.26. The molecule has 0 aromatic carbocycles. The Hall–Kier alpha value is -0.490. The summed E-state index contributed by atoms with van der Waals surface area (Å²) in [6.07, 6.45) is 12.8. The van der Waals surface area contributed by atoms with Gasteiger partial charge in [-0.2, -0.15) is 0 Å². The highest BCUT2D eigenvalue weighted by Crippen LogP contribution is 2.43. The summed E-state index contributed by atoms with van der Waals surface area (Å²) in [5, 5.41) is 3.89. The molecule has 8 atom stereocenters. The predicted molar refractivity (Wildman–Crippen MR) is 121 cm³/mol. The van der Waals surface area contributed by atoms with Crippen LogP contribution >= 0.6 is 0 Å². The molecule has 2 heterocycles. The Morgan fingerprint density at radius 1 is 1.13 bits per heavy atom. The molecule has 30 heavy (non-hydrogen) atoms. The molecule has 5 heteroatoms. The summed E-state index contributed by atoms with van der Waals surface area (Å²) in [7, 11) is 1.85. The minimum atomic E-state index is 0.137. The Bertz CT molecular complexity index is 611. The lowest BCUT2D eigenvalue weighted by molar-refractivity contribution is -0.00672. The summed E-state index contributed by atoms with van der Waals surface area (Å²) in [6.45, 7) is 5.48. The zero-order chi connectivity index (χ0) is 21.3. The van der Waals surface area contributed by atoms with Gasteiger partial charge < -0.3 is 15.8 Å². The number of nitrogens with one attached hydrogen (secondary N) is 1. The maximum Gasteiger partial charge on any atom is 0.0989 e. The largest absolute Gasteiger partial charge is 0.381 e. The average Bonchev–Trinajstić information content (AvgIpc) is 3.16. The smallest absolute Gasteiger partial charge is 0.0989 e. The van der Waals surface area contributed by atoms with Crippen LogP contribution in [0.4, 0.5) is 4.39 Å². The van der Waals surface area contributed by atoms with Crippen LogP contribution in [-0.4, -0.2) is 48.9 Å². The average molecular weight is 422 g/mol. The number of ether oxygens (including phenoxy) is 1. The van der Waals surface area contributed by atoms with Crippen LogP contribution in [0.25, 0.3) is 0 Å². The first-order valence-corrected chi connectivity index (χ1v) is 12.6. The molecule has 2 aliphatic carbocycles. The van der Waals surface area contributed by atoms with Gasteiger partial charge in [-0.05, 0) is 108 Å². The minimum absolute atomic E-state index is 0.137. The van der Waals surface area contributed by atoms with E-state index in [4.69, 9.17) is 10.5 Å². The molecule has 0 aromatic rings. The quantitative estimate of drug-likeness (QED) is 0.673. The van der Waals surface area contributed by atoms with Crippen LogP contribution in [0.5, 0.6) is 0 Å². The van der Waals surface area contributed by atoms with E-state index in [1.165, 1.54) is 44.9 Å². The Morgan fingerprint density at radius 3 is 2.73 bits per heavy atom. The predicted octanol–water partition coefficient (Wildman–Crippen LogP) is 4.74. The molecule has 8 unspecified atom stereocenters. The van der Waals surface area contributed by atoms with Crippen LogP contribution in [0.15, 0.2) is 11.4 Å². The first kappa shape index (κ1) is 22.7. The number of hydrogen-bond acceptors (Lipinski definition) is 4. The fraction of sp³-hybridized carbons (Fsp3) is 0.920. The standard InChI is InChI=1S/C25H44FN3O/c1-16-14-18(10-11-22(16)26)24-21(8-5-13-28-24)23-12-9-17(2)29(23)25(27)19-6-4-7-20(15-19)30-3/h17-21,23-25,28H,4-15,27H2,1-3H3. The topological polar surface area (TPSA) is 50.5 Å². The van der Waals surface area contributed by atoms with E-state index >= 15 is 0 Å². The van der Waals surface area contributed by atoms with Crippen LogP contribution in [0.2, 0.25) is 0 Å². The third-order valence-electron chi connectivity index (χ3n) is 8.92. The lowest BCUT2D eigenvalue weighted by Gasteiger charge is -2.48. The van der Waals surface area contributed by atoms with E-state index in [-0.39, 0.29) is 12.0 Å². The summed E-state index contributed by atoms with van der Waals surface area (Å²) in [6, 6.07) is 1.62. The highest BCUT2D eigenvalue weighted by Gasteiger charge is 2.46. The molecule has 2 aliphatic heterocycles. The summed E-state index contributed by atoms with van der Waals surface area (Å²) in [4.78, 5) is 2.71. The van der Waals surface area contributed by atoms with Crippen molar-refractivity contribution in [2.45, 2.75) is 115 Å². The molecule has 0 bridgehead atoms. The van der Waals surface area contributed by atoms with E-state index in [9.17, 15) is 4.39 Å². The number of nitrogens with zero attached hydrogens (tertiary/aromatic N) is 1. The first-order valence-electron chi connectivity index (χ1n) is 12.6. The van der Waals surface area contributed by atoms with Crippen molar-refractivity contribution in [2.24, 2.45) is 23.5 Å². The van der Waals surface area contributed by atoms with Gasteiger partial charge in [-0.3, -0.25) is 4.90 Å². The van der Waals surface area contributed by atoms with Gasteiger partial charge in [-0.25, -0.2) is 4.39 Å². The number of halogens is 1. The molecule has 3 N–H and O–H groups in total. The van der Waals surface area contributed by atoms with Gasteiger partial charge in [0.1, 0.15) is 0 Å². The molecule has 4 aliphatic rings. The molecule has 0 spiro atoms. The number of likely N-dealkylation sites (tertiary alicyclic amines) is 1. The Kier molecular flexibility index (Phi) is 7.55. The van der Waals surface area contributed by atoms with Crippen molar-refractivity contribution in [3.63, 3.8) is 0 Å². The van der Waals surface area contributed by atoms with Crippen molar-refractivity contribution in [1.82, 2.24) is 10.2 Å². The van der Waals surface area contributed by atoms with Crippen LogP contribution in [0.1, 0.15) is 84.5 Å². The van der Waals surface area contributed by atoms with Crippen LogP contribution in [-0.2, 0) is 4.74 Å². The van der Waals surface area contributed by atoms with Gasteiger partial charge >= 0.3 is 0 Å². The molecule has 4 nitrogen and oxygen atoms in total. The normalized spacial score (nSPS) is 42.5. The van der Waals surface area contributed by atoms with Crippen molar-refractivity contribution in [3.05, 3.63) is 11.4 Å². The van der Waals surface area contributed by atoms with Crippen molar-refractivity contribution in [1.29, 1.82) is 0 Å². The van der Waals surface area contributed by atoms with Gasteiger partial charge in [0.25, 0.3) is 0 Å². The number of methoxy groups -OCH3 is 1. The number of piperidine rings is 1. The Labute approximate surface area is 183 Å². The number of nitrogens with two attached hydrogens (primary N) is 1. The molecule has 3 fully saturated rings. The molecule has 0 aromatic heterocycles. The summed E-state index contributed by atoms with van der Waals surface area (Å²) in [5.41, 5.74) is 8.00. The van der Waals surface area contributed by atoms with E-state index in [1.807, 2.05) is 14.0 Å². The molecular formula is C25H44FN3O. The molecule has 4 rings (SSSR count). The molecule has 2 saturated heterocycles. The van der Waals surface area contributed by atoms with Crippen molar-refractivity contribution >= 4 is 0 Å². The van der Waals surface area contributed by atoms with Crippen LogP contribution in [0, 0.1) is 17.8 Å². The molecule has 1 saturated carbocycles. The summed E-state index contributed by atoms with van der Waals surface area (Å²) < 4.78 is 19.7. The van der Waals surface area contributed by atoms with Crippen LogP contribution < -0.4 is 11.1 Å². The summed E-state index contributed by atoms with van der Waals surface area (Å²) >= 11 is 0. The van der Waals surface area contributed by atoms with E-state index in [2.05, 4.69) is 17.1 Å². The summed E-state index contributed by atoms with van der Waals surface area (Å²) in [5.74, 6) is 1.88. The van der Waals surface area contributed by atoms with Gasteiger partial charge in [-0.15, -0.1) is 0 Å². The van der Waals surface area contributed by atoms with Gasteiger partial charge in [-0.1, -0.05) is 6.42 Å². The third kappa shape index (κ3) is 4.65. The number of hydrogen-bond donors (Lipinski definition) is 2. The van der Waals surface area contributed by atoms with E-state index in [0.717, 1.165) is 31.4 Å². The van der Waals surface area contributed by atoms with Crippen LogP contribution in [0.3, 0.4) is 0 Å². The second kappa shape index (κ2) is 9.97. The second-order valence-corrected chi connectivity index (χ2v) is 10.7. The maximum absolute atomic E-state index is 14.0. The zero-order valence-corrected chi connectivity index (χ0v) is 19.4. The highest BCUT2D eigenvalue weighted by molar-refractivity contribution is 5.12. The lowest BCUT2D eigenvalue weighted by atomic mass is 9.72. The van der Waals surface area contributed by atoms with E-state index < -0.39 is 0 Å². The zero-order valence-electron chi connectivity index (χ0n) is 19.4. The lowest BCUT2D eigenvalue weighted by Crippen LogP contribution is -2.59. The van der Waals surface area contributed by atoms with Crippen molar-refractivity contribution in [3.8, 4) is 0 Å². The van der Waals surface area contributed by atoms with Gasteiger partial charge in [0.15, 0.2) is 0 Å². The van der Waals surface area contributed by atoms with Crippen molar-refractivity contribution in [2.75, 3.05) is 13.7 Å². The van der Waals surface area contributed by atoms with Crippen molar-refractivity contribution < 1.29 is 9.13 Å². The number of rotatable bonds is 5. The third-order valence-corrected chi connectivity index (χ3v) is 8.92. The fourth-order valence-corrected chi connectivity index (χ4v) is 7.26. The molecule has 0 radical (unpaired) electrons. The van der Waals surface area contributed by atoms with Gasteiger partial charge in [0.05, 0.1) is 18.1 Å².